The van der Waals surface area contributed by atoms with Crippen molar-refractivity contribution in [2.24, 2.45) is 4.99 Å². The van der Waals surface area contributed by atoms with E-state index in [0.29, 0.717) is 25.6 Å². The minimum atomic E-state index is -0.651. The normalized spacial score (nSPS) is 15.9. The lowest BCUT2D eigenvalue weighted by Crippen LogP contribution is -2.39. The number of hydrogen-bond acceptors (Lipinski definition) is 5. The summed E-state index contributed by atoms with van der Waals surface area (Å²) in [6.45, 7) is 3.76. The average Bonchev–Trinajstić information content (AvgIpc) is 3.13. The van der Waals surface area contributed by atoms with Crippen LogP contribution in [0.4, 0.5) is 0 Å². The Bertz CT molecular complexity index is 1630. The van der Waals surface area contributed by atoms with Crippen molar-refractivity contribution in [1.29, 1.82) is 0 Å². The number of aromatic nitrogens is 1. The Balaban J connectivity index is 1.75. The Labute approximate surface area is 204 Å². The number of allylic oxidation sites excluding steroid dienone is 1. The number of benzene rings is 3. The molecular weight excluding hydrogens is 468 g/mol. The summed E-state index contributed by atoms with van der Waals surface area (Å²) in [5, 5.41) is 2.74. The van der Waals surface area contributed by atoms with Crippen LogP contribution in [0, 0.1) is 0 Å². The highest BCUT2D eigenvalue weighted by Gasteiger charge is 2.33. The molecule has 0 spiro atoms. The van der Waals surface area contributed by atoms with Crippen molar-refractivity contribution in [3.8, 4) is 0 Å². The number of halogens is 1. The van der Waals surface area contributed by atoms with Crippen LogP contribution < -0.4 is 14.9 Å². The number of rotatable bonds is 4. The minimum Gasteiger partial charge on any atom is -0.463 e. The van der Waals surface area contributed by atoms with Crippen LogP contribution in [0.3, 0.4) is 0 Å². The molecule has 0 radical (unpaired) electrons. The molecule has 1 unspecified atom stereocenters. The predicted octanol–water partition coefficient (Wildman–Crippen LogP) is 4.60. The van der Waals surface area contributed by atoms with Crippen molar-refractivity contribution >= 4 is 45.8 Å². The molecule has 0 N–H and O–H groups in total. The monoisotopic (exact) mass is 488 g/mol. The topological polar surface area (TPSA) is 60.7 Å². The first-order valence-electron chi connectivity index (χ1n) is 10.9. The first-order chi connectivity index (χ1) is 16.5. The Morgan fingerprint density at radius 3 is 2.62 bits per heavy atom. The lowest BCUT2D eigenvalue weighted by Gasteiger charge is -2.24. The number of carbonyl (C=O) groups excluding carboxylic acids is 1. The van der Waals surface area contributed by atoms with Crippen molar-refractivity contribution in [3.05, 3.63) is 114 Å². The lowest BCUT2D eigenvalue weighted by molar-refractivity contribution is -0.139. The van der Waals surface area contributed by atoms with Gasteiger partial charge in [-0.1, -0.05) is 77.5 Å². The summed E-state index contributed by atoms with van der Waals surface area (Å²) in [5.41, 5.74) is 2.41. The molecule has 34 heavy (non-hydrogen) atoms. The molecule has 0 amide bonds. The van der Waals surface area contributed by atoms with Crippen LogP contribution in [0.5, 0.6) is 0 Å². The van der Waals surface area contributed by atoms with Crippen LogP contribution in [-0.2, 0) is 9.53 Å². The molecule has 4 aromatic rings. The molecule has 2 heterocycles. The molecule has 5 nitrogen and oxygen atoms in total. The van der Waals surface area contributed by atoms with Crippen molar-refractivity contribution in [1.82, 2.24) is 4.57 Å². The van der Waals surface area contributed by atoms with Gasteiger partial charge < -0.3 is 4.74 Å². The van der Waals surface area contributed by atoms with E-state index in [9.17, 15) is 9.59 Å². The number of thiazole rings is 1. The highest BCUT2D eigenvalue weighted by Crippen LogP contribution is 2.31. The number of hydrogen-bond donors (Lipinski definition) is 0. The van der Waals surface area contributed by atoms with Gasteiger partial charge >= 0.3 is 5.97 Å². The van der Waals surface area contributed by atoms with Gasteiger partial charge in [0.1, 0.15) is 0 Å². The number of nitrogens with zero attached hydrogens (tertiary/aromatic N) is 2. The molecule has 0 aliphatic carbocycles. The molecular formula is C27H21ClN2O3S. The summed E-state index contributed by atoms with van der Waals surface area (Å²) < 4.78 is 7.47. The maximum absolute atomic E-state index is 13.7. The van der Waals surface area contributed by atoms with Crippen LogP contribution in [-0.4, -0.2) is 17.1 Å². The smallest absolute Gasteiger partial charge is 0.338 e. The molecule has 1 aromatic heterocycles. The van der Waals surface area contributed by atoms with Gasteiger partial charge in [0.05, 0.1) is 28.5 Å². The molecule has 7 heteroatoms. The second-order valence-corrected chi connectivity index (χ2v) is 9.37. The summed E-state index contributed by atoms with van der Waals surface area (Å²) in [6, 6.07) is 20.6. The second kappa shape index (κ2) is 9.05. The molecule has 0 bridgehead atoms. The standard InChI is InChI=1S/C27H21ClN2O3S/c1-3-33-26(32)23-16(2)29-27-30(24(23)18-11-13-20(28)14-12-18)25(31)22(34-27)15-19-9-6-8-17-7-4-5-10-21(17)19/h4-15,24H,3H2,1-2H3/b22-15-. The Kier molecular flexibility index (Phi) is 5.94. The molecule has 3 aromatic carbocycles. The van der Waals surface area contributed by atoms with Gasteiger partial charge in [0.2, 0.25) is 0 Å². The molecule has 0 saturated heterocycles. The summed E-state index contributed by atoms with van der Waals surface area (Å²) >= 11 is 7.42. The number of esters is 1. The molecule has 0 saturated carbocycles. The summed E-state index contributed by atoms with van der Waals surface area (Å²) in [6.07, 6.45) is 1.90. The third-order valence-electron chi connectivity index (χ3n) is 5.81. The number of carbonyl (C=O) groups is 1. The highest BCUT2D eigenvalue weighted by atomic mass is 35.5. The van der Waals surface area contributed by atoms with E-state index in [-0.39, 0.29) is 12.2 Å². The van der Waals surface area contributed by atoms with E-state index < -0.39 is 12.0 Å². The van der Waals surface area contributed by atoms with Crippen molar-refractivity contribution < 1.29 is 9.53 Å². The van der Waals surface area contributed by atoms with Gasteiger partial charge in [0.15, 0.2) is 4.80 Å². The van der Waals surface area contributed by atoms with Gasteiger partial charge in [0.25, 0.3) is 5.56 Å². The Hall–Kier alpha value is -3.48. The first kappa shape index (κ1) is 22.3. The third kappa shape index (κ3) is 3.89. The molecule has 1 atom stereocenters. The SMILES string of the molecule is CCOC(=O)C1=C(C)N=c2s/c(=C\c3cccc4ccccc34)c(=O)n2C1c1ccc(Cl)cc1. The molecule has 170 valence electrons. The van der Waals surface area contributed by atoms with Gasteiger partial charge in [-0.3, -0.25) is 9.36 Å². The zero-order valence-corrected chi connectivity index (χ0v) is 20.2. The van der Waals surface area contributed by atoms with Gasteiger partial charge in [-0.25, -0.2) is 9.79 Å². The molecule has 1 aliphatic rings. The molecule has 1 aliphatic heterocycles. The van der Waals surface area contributed by atoms with E-state index in [0.717, 1.165) is 21.9 Å². The van der Waals surface area contributed by atoms with Gasteiger partial charge in [0, 0.05) is 5.02 Å². The first-order valence-corrected chi connectivity index (χ1v) is 12.1. The van der Waals surface area contributed by atoms with E-state index in [2.05, 4.69) is 4.99 Å². The largest absolute Gasteiger partial charge is 0.463 e. The maximum Gasteiger partial charge on any atom is 0.338 e. The number of ether oxygens (including phenoxy) is 1. The lowest BCUT2D eigenvalue weighted by atomic mass is 9.96. The van der Waals surface area contributed by atoms with E-state index in [1.54, 1.807) is 30.5 Å². The Morgan fingerprint density at radius 1 is 1.12 bits per heavy atom. The quantitative estimate of drug-likeness (QED) is 0.394. The van der Waals surface area contributed by atoms with E-state index in [1.165, 1.54) is 11.3 Å². The van der Waals surface area contributed by atoms with E-state index in [1.807, 2.05) is 60.7 Å². The molecule has 0 fully saturated rings. The zero-order chi connectivity index (χ0) is 23.8. The summed E-state index contributed by atoms with van der Waals surface area (Å²) in [5.74, 6) is -0.480. The van der Waals surface area contributed by atoms with Gasteiger partial charge in [-0.15, -0.1) is 0 Å². The minimum absolute atomic E-state index is 0.203. The van der Waals surface area contributed by atoms with E-state index >= 15 is 0 Å². The third-order valence-corrected chi connectivity index (χ3v) is 7.05. The number of fused-ring (bicyclic) bond motifs is 2. The van der Waals surface area contributed by atoms with Crippen LogP contribution in [0.25, 0.3) is 16.8 Å². The Morgan fingerprint density at radius 2 is 1.85 bits per heavy atom. The van der Waals surface area contributed by atoms with E-state index in [4.69, 9.17) is 16.3 Å². The summed E-state index contributed by atoms with van der Waals surface area (Å²) in [7, 11) is 0. The van der Waals surface area contributed by atoms with Gasteiger partial charge in [-0.2, -0.15) is 0 Å². The summed E-state index contributed by atoms with van der Waals surface area (Å²) in [4.78, 5) is 31.8. The van der Waals surface area contributed by atoms with Crippen LogP contribution >= 0.6 is 22.9 Å². The van der Waals surface area contributed by atoms with Crippen LogP contribution in [0.2, 0.25) is 5.02 Å². The van der Waals surface area contributed by atoms with Crippen LogP contribution in [0.1, 0.15) is 31.0 Å². The van der Waals surface area contributed by atoms with Gasteiger partial charge in [-0.05, 0) is 54.0 Å². The zero-order valence-electron chi connectivity index (χ0n) is 18.6. The van der Waals surface area contributed by atoms with Crippen molar-refractivity contribution in [2.45, 2.75) is 19.9 Å². The fourth-order valence-corrected chi connectivity index (χ4v) is 5.43. The fraction of sp³-hybridized carbons (Fsp3) is 0.148. The van der Waals surface area contributed by atoms with Crippen molar-refractivity contribution in [3.63, 3.8) is 0 Å². The van der Waals surface area contributed by atoms with Crippen LogP contribution in [0.15, 0.2) is 87.8 Å². The second-order valence-electron chi connectivity index (χ2n) is 7.92. The molecule has 5 rings (SSSR count). The fourth-order valence-electron chi connectivity index (χ4n) is 4.27. The maximum atomic E-state index is 13.7. The average molecular weight is 489 g/mol. The van der Waals surface area contributed by atoms with Crippen molar-refractivity contribution in [2.75, 3.05) is 6.61 Å². The predicted molar refractivity (Wildman–Crippen MR) is 136 cm³/mol. The highest BCUT2D eigenvalue weighted by molar-refractivity contribution is 7.07.